The Bertz CT molecular complexity index is 1520. The maximum Gasteiger partial charge on any atom is 0.336 e. The second-order valence-electron chi connectivity index (χ2n) is 8.78. The zero-order valence-corrected chi connectivity index (χ0v) is 18.7. The molecule has 3 heterocycles. The van der Waals surface area contributed by atoms with Crippen LogP contribution in [0.25, 0.3) is 38.7 Å². The normalized spacial score (nSPS) is 14.1. The minimum absolute atomic E-state index is 0.291. The van der Waals surface area contributed by atoms with Gasteiger partial charge in [-0.25, -0.2) is 14.3 Å². The Hall–Kier alpha value is -4.19. The minimum atomic E-state index is -0.934. The van der Waals surface area contributed by atoms with E-state index in [1.165, 1.54) is 24.9 Å². The predicted molar refractivity (Wildman–Crippen MR) is 134 cm³/mol. The quantitative estimate of drug-likeness (QED) is 0.370. The van der Waals surface area contributed by atoms with E-state index in [1.54, 1.807) is 22.8 Å². The smallest absolute Gasteiger partial charge is 0.336 e. The van der Waals surface area contributed by atoms with Crippen LogP contribution in [-0.2, 0) is 0 Å². The summed E-state index contributed by atoms with van der Waals surface area (Å²) >= 11 is 0. The molecule has 0 aliphatic carbocycles. The largest absolute Gasteiger partial charge is 0.478 e. The van der Waals surface area contributed by atoms with Crippen LogP contribution in [0.15, 0.2) is 79.3 Å². The molecule has 1 aliphatic heterocycles. The van der Waals surface area contributed by atoms with Crippen molar-refractivity contribution in [1.29, 1.82) is 0 Å². The number of anilines is 1. The summed E-state index contributed by atoms with van der Waals surface area (Å²) in [5.74, 6) is -0.934. The fourth-order valence-electron chi connectivity index (χ4n) is 4.96. The molecule has 0 amide bonds. The first kappa shape index (κ1) is 20.4. The Balaban J connectivity index is 1.37. The Morgan fingerprint density at radius 3 is 2.35 bits per heavy atom. The third-order valence-electron chi connectivity index (χ3n) is 6.72. The third kappa shape index (κ3) is 3.48. The van der Waals surface area contributed by atoms with Gasteiger partial charge in [-0.15, -0.1) is 0 Å². The molecule has 6 nitrogen and oxygen atoms in total. The molecule has 1 N–H and O–H groups in total. The monoisotopic (exact) mass is 448 g/mol. The second-order valence-corrected chi connectivity index (χ2v) is 8.78. The molecule has 34 heavy (non-hydrogen) atoms. The number of rotatable bonds is 4. The Labute approximate surface area is 197 Å². The highest BCUT2D eigenvalue weighted by Crippen LogP contribution is 2.33. The molecule has 6 rings (SSSR count). The van der Waals surface area contributed by atoms with Crippen molar-refractivity contribution in [3.8, 4) is 22.3 Å². The fourth-order valence-corrected chi connectivity index (χ4v) is 4.96. The second kappa shape index (κ2) is 8.30. The van der Waals surface area contributed by atoms with Crippen LogP contribution < -0.4 is 4.90 Å². The van der Waals surface area contributed by atoms with E-state index < -0.39 is 5.97 Å². The molecular formula is C28H24N4O2. The number of carboxylic acid groups (broad SMARTS) is 1. The first-order valence-corrected chi connectivity index (χ1v) is 11.6. The molecule has 2 aromatic heterocycles. The topological polar surface area (TPSA) is 70.7 Å². The van der Waals surface area contributed by atoms with Gasteiger partial charge in [0.2, 0.25) is 0 Å². The van der Waals surface area contributed by atoms with Gasteiger partial charge < -0.3 is 10.0 Å². The molecule has 0 bridgehead atoms. The van der Waals surface area contributed by atoms with Crippen LogP contribution in [0.2, 0.25) is 0 Å². The average Bonchev–Trinajstić information content (AvgIpc) is 3.31. The van der Waals surface area contributed by atoms with Gasteiger partial charge in [0.1, 0.15) is 0 Å². The molecule has 1 aliphatic rings. The lowest BCUT2D eigenvalue weighted by atomic mass is 9.97. The van der Waals surface area contributed by atoms with Crippen LogP contribution >= 0.6 is 0 Å². The molecule has 1 fully saturated rings. The van der Waals surface area contributed by atoms with Crippen molar-refractivity contribution in [3.05, 3.63) is 84.8 Å². The lowest BCUT2D eigenvalue weighted by Crippen LogP contribution is -2.29. The molecule has 0 spiro atoms. The first-order valence-electron chi connectivity index (χ1n) is 11.6. The van der Waals surface area contributed by atoms with Gasteiger partial charge >= 0.3 is 5.97 Å². The van der Waals surface area contributed by atoms with E-state index in [0.29, 0.717) is 10.9 Å². The lowest BCUT2D eigenvalue weighted by Gasteiger charge is -2.28. The zero-order valence-electron chi connectivity index (χ0n) is 18.7. The van der Waals surface area contributed by atoms with E-state index >= 15 is 0 Å². The van der Waals surface area contributed by atoms with Gasteiger partial charge in [-0.3, -0.25) is 0 Å². The van der Waals surface area contributed by atoms with Gasteiger partial charge in [0.05, 0.1) is 11.8 Å². The van der Waals surface area contributed by atoms with Crippen molar-refractivity contribution in [3.63, 3.8) is 0 Å². The fraction of sp³-hybridized carbons (Fsp3) is 0.179. The molecule has 0 radical (unpaired) electrons. The molecule has 0 saturated carbocycles. The number of nitrogens with zero attached hydrogens (tertiary/aromatic N) is 4. The zero-order chi connectivity index (χ0) is 23.1. The van der Waals surface area contributed by atoms with Gasteiger partial charge in [-0.1, -0.05) is 42.5 Å². The molecule has 0 unspecified atom stereocenters. The average molecular weight is 449 g/mol. The number of carbonyl (C=O) groups is 1. The van der Waals surface area contributed by atoms with Crippen LogP contribution in [0.1, 0.15) is 29.6 Å². The summed E-state index contributed by atoms with van der Waals surface area (Å²) in [4.78, 5) is 18.9. The van der Waals surface area contributed by atoms with Crippen molar-refractivity contribution in [1.82, 2.24) is 14.6 Å². The van der Waals surface area contributed by atoms with E-state index in [0.717, 1.165) is 46.4 Å². The maximum absolute atomic E-state index is 11.7. The molecule has 5 aromatic rings. The van der Waals surface area contributed by atoms with E-state index in [-0.39, 0.29) is 0 Å². The summed E-state index contributed by atoms with van der Waals surface area (Å²) in [5, 5.41) is 15.7. The molecular weight excluding hydrogens is 424 g/mol. The highest BCUT2D eigenvalue weighted by Gasteiger charge is 2.15. The minimum Gasteiger partial charge on any atom is -0.478 e. The number of piperidine rings is 1. The number of carboxylic acids is 1. The van der Waals surface area contributed by atoms with Crippen molar-refractivity contribution in [2.24, 2.45) is 0 Å². The summed E-state index contributed by atoms with van der Waals surface area (Å²) in [7, 11) is 0. The number of hydrogen-bond acceptors (Lipinski definition) is 4. The van der Waals surface area contributed by atoms with Gasteiger partial charge in [0.25, 0.3) is 0 Å². The van der Waals surface area contributed by atoms with E-state index in [2.05, 4.69) is 34.3 Å². The summed E-state index contributed by atoms with van der Waals surface area (Å²) in [6, 6.07) is 19.7. The van der Waals surface area contributed by atoms with Crippen LogP contribution in [0, 0.1) is 0 Å². The van der Waals surface area contributed by atoms with Crippen molar-refractivity contribution in [2.45, 2.75) is 19.3 Å². The Kier molecular flexibility index (Phi) is 4.99. The van der Waals surface area contributed by atoms with Crippen LogP contribution in [0.4, 0.5) is 5.69 Å². The Morgan fingerprint density at radius 2 is 1.56 bits per heavy atom. The number of hydrogen-bond donors (Lipinski definition) is 1. The molecule has 1 saturated heterocycles. The summed E-state index contributed by atoms with van der Waals surface area (Å²) in [6.45, 7) is 2.26. The van der Waals surface area contributed by atoms with Crippen LogP contribution in [-0.4, -0.2) is 38.8 Å². The van der Waals surface area contributed by atoms with Crippen molar-refractivity contribution >= 4 is 28.1 Å². The number of aromatic nitrogens is 3. The van der Waals surface area contributed by atoms with Crippen molar-refractivity contribution < 1.29 is 9.90 Å². The summed E-state index contributed by atoms with van der Waals surface area (Å²) < 4.78 is 1.79. The maximum atomic E-state index is 11.7. The molecule has 6 heteroatoms. The third-order valence-corrected chi connectivity index (χ3v) is 6.72. The van der Waals surface area contributed by atoms with Crippen molar-refractivity contribution in [2.75, 3.05) is 18.0 Å². The predicted octanol–water partition coefficient (Wildman–Crippen LogP) is 5.91. The molecule has 0 atom stereocenters. The number of fused-ring (bicyclic) bond motifs is 2. The number of aromatic carboxylic acids is 1. The highest BCUT2D eigenvalue weighted by molar-refractivity contribution is 6.09. The Morgan fingerprint density at radius 1 is 0.794 bits per heavy atom. The summed E-state index contributed by atoms with van der Waals surface area (Å²) in [6.07, 6.45) is 9.52. The van der Waals surface area contributed by atoms with E-state index in [1.807, 2.05) is 36.7 Å². The summed E-state index contributed by atoms with van der Waals surface area (Å²) in [5.41, 5.74) is 6.19. The van der Waals surface area contributed by atoms with Gasteiger partial charge in [-0.05, 0) is 59.4 Å². The molecule has 168 valence electrons. The lowest BCUT2D eigenvalue weighted by molar-refractivity contribution is 0.0699. The van der Waals surface area contributed by atoms with Crippen LogP contribution in [0.3, 0.4) is 0 Å². The number of benzene rings is 3. The first-order chi connectivity index (χ1) is 16.7. The van der Waals surface area contributed by atoms with Gasteiger partial charge in [-0.2, -0.15) is 5.10 Å². The van der Waals surface area contributed by atoms with E-state index in [4.69, 9.17) is 4.98 Å². The standard InChI is InChI=1S/C28H24N4O2/c33-28(34)25-9-5-6-22-23(25)7-4-8-24(22)26-17-30-32-18-20(16-29-27(26)32)19-10-12-21(13-11-19)31-14-2-1-3-15-31/h4-13,16-18H,1-3,14-15H2,(H,33,34). The SMILES string of the molecule is O=C(O)c1cccc2c(-c3cnn4cc(-c5ccc(N6CCCCC6)cc5)cnc34)cccc12. The van der Waals surface area contributed by atoms with Gasteiger partial charge in [0.15, 0.2) is 5.65 Å². The van der Waals surface area contributed by atoms with Gasteiger partial charge in [0, 0.05) is 42.3 Å². The van der Waals surface area contributed by atoms with E-state index in [9.17, 15) is 9.90 Å². The molecule has 3 aromatic carbocycles. The highest BCUT2D eigenvalue weighted by atomic mass is 16.4. The van der Waals surface area contributed by atoms with Crippen LogP contribution in [0.5, 0.6) is 0 Å².